The third-order valence-electron chi connectivity index (χ3n) is 2.07. The van der Waals surface area contributed by atoms with Gasteiger partial charge in [0.05, 0.1) is 11.3 Å². The number of hydrogen-bond donors (Lipinski definition) is 1. The van der Waals surface area contributed by atoms with Gasteiger partial charge in [0.1, 0.15) is 12.1 Å². The van der Waals surface area contributed by atoms with Gasteiger partial charge >= 0.3 is 0 Å². The summed E-state index contributed by atoms with van der Waals surface area (Å²) in [6, 6.07) is 4.40. The summed E-state index contributed by atoms with van der Waals surface area (Å²) in [5, 5.41) is 2.97. The third kappa shape index (κ3) is 2.31. The van der Waals surface area contributed by atoms with Crippen LogP contribution in [0.3, 0.4) is 0 Å². The Morgan fingerprint density at radius 3 is 3.06 bits per heavy atom. The lowest BCUT2D eigenvalue weighted by Crippen LogP contribution is -2.04. The number of halogens is 2. The van der Waals surface area contributed by atoms with E-state index in [4.69, 9.17) is 4.42 Å². The Balaban J connectivity index is 2.38. The Kier molecular flexibility index (Phi) is 3.36. The summed E-state index contributed by atoms with van der Waals surface area (Å²) in [6.07, 6.45) is 1.56. The van der Waals surface area contributed by atoms with Crippen molar-refractivity contribution in [2.75, 3.05) is 7.05 Å². The fraction of sp³-hybridized carbons (Fsp3) is 0.182. The van der Waals surface area contributed by atoms with Crippen molar-refractivity contribution in [3.05, 3.63) is 40.4 Å². The second kappa shape index (κ2) is 4.76. The lowest BCUT2D eigenvalue weighted by atomic mass is 10.2. The molecule has 3 nitrogen and oxygen atoms in total. The van der Waals surface area contributed by atoms with Crippen LogP contribution in [0.1, 0.15) is 5.69 Å². The predicted octanol–water partition coefficient (Wildman–Crippen LogP) is 2.96. The zero-order chi connectivity index (χ0) is 11.5. The highest BCUT2D eigenvalue weighted by atomic mass is 79.9. The normalized spacial score (nSPS) is 10.7. The lowest BCUT2D eigenvalue weighted by molar-refractivity contribution is 0.569. The van der Waals surface area contributed by atoms with Gasteiger partial charge in [0.25, 0.3) is 0 Å². The van der Waals surface area contributed by atoms with E-state index in [9.17, 15) is 4.39 Å². The Labute approximate surface area is 101 Å². The minimum absolute atomic E-state index is 0.313. The number of hydrogen-bond acceptors (Lipinski definition) is 3. The van der Waals surface area contributed by atoms with E-state index in [0.717, 1.165) is 10.2 Å². The van der Waals surface area contributed by atoms with Gasteiger partial charge in [-0.2, -0.15) is 0 Å². The fourth-order valence-electron chi connectivity index (χ4n) is 1.35. The molecule has 1 aromatic heterocycles. The molecule has 0 radical (unpaired) electrons. The largest absolute Gasteiger partial charge is 0.444 e. The molecule has 1 heterocycles. The van der Waals surface area contributed by atoms with E-state index in [0.29, 0.717) is 18.0 Å². The SMILES string of the molecule is CNCc1coc(-c2cc(F)ccc2Br)n1. The average Bonchev–Trinajstić information content (AvgIpc) is 2.71. The van der Waals surface area contributed by atoms with Crippen LogP contribution in [0.2, 0.25) is 0 Å². The maximum Gasteiger partial charge on any atom is 0.227 e. The highest BCUT2D eigenvalue weighted by Gasteiger charge is 2.10. The van der Waals surface area contributed by atoms with Crippen LogP contribution in [0.4, 0.5) is 4.39 Å². The van der Waals surface area contributed by atoms with E-state index in [-0.39, 0.29) is 5.82 Å². The van der Waals surface area contributed by atoms with E-state index in [2.05, 4.69) is 26.2 Å². The first kappa shape index (κ1) is 11.3. The molecule has 0 saturated carbocycles. The van der Waals surface area contributed by atoms with Crippen LogP contribution in [-0.4, -0.2) is 12.0 Å². The summed E-state index contributed by atoms with van der Waals surface area (Å²) in [4.78, 5) is 4.25. The lowest BCUT2D eigenvalue weighted by Gasteiger charge is -1.99. The number of oxazole rings is 1. The number of rotatable bonds is 3. The molecule has 0 spiro atoms. The van der Waals surface area contributed by atoms with E-state index < -0.39 is 0 Å². The molecule has 1 N–H and O–H groups in total. The third-order valence-corrected chi connectivity index (χ3v) is 2.76. The minimum atomic E-state index is -0.313. The van der Waals surface area contributed by atoms with Crippen LogP contribution in [0.5, 0.6) is 0 Å². The zero-order valence-corrected chi connectivity index (χ0v) is 10.2. The number of nitrogens with zero attached hydrogens (tertiary/aromatic N) is 1. The van der Waals surface area contributed by atoms with Gasteiger partial charge < -0.3 is 9.73 Å². The summed E-state index contributed by atoms with van der Waals surface area (Å²) < 4.78 is 19.1. The molecule has 0 unspecified atom stereocenters. The van der Waals surface area contributed by atoms with Crippen LogP contribution in [0.25, 0.3) is 11.5 Å². The van der Waals surface area contributed by atoms with Crippen molar-refractivity contribution in [2.24, 2.45) is 0 Å². The molecule has 2 aromatic rings. The smallest absolute Gasteiger partial charge is 0.227 e. The molecule has 0 saturated heterocycles. The predicted molar refractivity (Wildman–Crippen MR) is 62.4 cm³/mol. The van der Waals surface area contributed by atoms with Gasteiger partial charge in [0.15, 0.2) is 0 Å². The van der Waals surface area contributed by atoms with Crippen molar-refractivity contribution in [1.82, 2.24) is 10.3 Å². The van der Waals surface area contributed by atoms with Crippen LogP contribution in [0.15, 0.2) is 33.4 Å². The summed E-state index contributed by atoms with van der Waals surface area (Å²) in [6.45, 7) is 0.621. The van der Waals surface area contributed by atoms with Gasteiger partial charge in [-0.1, -0.05) is 0 Å². The molecule has 0 fully saturated rings. The highest BCUT2D eigenvalue weighted by Crippen LogP contribution is 2.28. The van der Waals surface area contributed by atoms with Crippen molar-refractivity contribution < 1.29 is 8.81 Å². The molecule has 0 bridgehead atoms. The molecule has 0 aliphatic heterocycles. The first-order valence-corrected chi connectivity index (χ1v) is 5.54. The monoisotopic (exact) mass is 284 g/mol. The molecule has 1 aromatic carbocycles. The first-order valence-electron chi connectivity index (χ1n) is 4.75. The van der Waals surface area contributed by atoms with Crippen LogP contribution in [-0.2, 0) is 6.54 Å². The Morgan fingerprint density at radius 2 is 2.31 bits per heavy atom. The summed E-state index contributed by atoms with van der Waals surface area (Å²) in [7, 11) is 1.83. The molecule has 84 valence electrons. The Hall–Kier alpha value is -1.20. The molecular formula is C11H10BrFN2O. The topological polar surface area (TPSA) is 38.1 Å². The quantitative estimate of drug-likeness (QED) is 0.942. The van der Waals surface area contributed by atoms with Gasteiger partial charge in [-0.3, -0.25) is 0 Å². The van der Waals surface area contributed by atoms with Crippen molar-refractivity contribution in [1.29, 1.82) is 0 Å². The van der Waals surface area contributed by atoms with Crippen LogP contribution < -0.4 is 5.32 Å². The van der Waals surface area contributed by atoms with Crippen molar-refractivity contribution in [2.45, 2.75) is 6.54 Å². The standard InChI is InChI=1S/C11H10BrFN2O/c1-14-5-8-6-16-11(15-8)9-4-7(13)2-3-10(9)12/h2-4,6,14H,5H2,1H3. The molecule has 5 heteroatoms. The summed E-state index contributed by atoms with van der Waals surface area (Å²) >= 11 is 3.33. The van der Waals surface area contributed by atoms with E-state index in [1.165, 1.54) is 12.1 Å². The minimum Gasteiger partial charge on any atom is -0.444 e. The molecule has 0 amide bonds. The van der Waals surface area contributed by atoms with Gasteiger partial charge in [-0.25, -0.2) is 9.37 Å². The highest BCUT2D eigenvalue weighted by molar-refractivity contribution is 9.10. The van der Waals surface area contributed by atoms with Crippen LogP contribution >= 0.6 is 15.9 Å². The molecule has 2 rings (SSSR count). The van der Waals surface area contributed by atoms with Crippen molar-refractivity contribution in [3.63, 3.8) is 0 Å². The van der Waals surface area contributed by atoms with Gasteiger partial charge in [0.2, 0.25) is 5.89 Å². The number of benzene rings is 1. The molecule has 0 atom stereocenters. The van der Waals surface area contributed by atoms with Gasteiger partial charge in [-0.05, 0) is 41.2 Å². The van der Waals surface area contributed by atoms with Gasteiger partial charge in [-0.15, -0.1) is 0 Å². The zero-order valence-electron chi connectivity index (χ0n) is 8.63. The van der Waals surface area contributed by atoms with E-state index >= 15 is 0 Å². The van der Waals surface area contributed by atoms with Crippen molar-refractivity contribution in [3.8, 4) is 11.5 Å². The van der Waals surface area contributed by atoms with E-state index in [1.54, 1.807) is 12.3 Å². The van der Waals surface area contributed by atoms with Gasteiger partial charge in [0, 0.05) is 11.0 Å². The Bertz CT molecular complexity index is 498. The first-order chi connectivity index (χ1) is 7.70. The maximum atomic E-state index is 13.1. The van der Waals surface area contributed by atoms with Crippen LogP contribution in [0, 0.1) is 5.82 Å². The summed E-state index contributed by atoms with van der Waals surface area (Å²) in [5.74, 6) is 0.100. The molecule has 0 aliphatic carbocycles. The average molecular weight is 285 g/mol. The molecular weight excluding hydrogens is 275 g/mol. The van der Waals surface area contributed by atoms with E-state index in [1.807, 2.05) is 7.05 Å². The van der Waals surface area contributed by atoms with Crippen molar-refractivity contribution >= 4 is 15.9 Å². The number of nitrogens with one attached hydrogen (secondary N) is 1. The number of aromatic nitrogens is 1. The summed E-state index contributed by atoms with van der Waals surface area (Å²) in [5.41, 5.74) is 1.40. The Morgan fingerprint density at radius 1 is 1.50 bits per heavy atom. The second-order valence-corrected chi connectivity index (χ2v) is 4.15. The fourth-order valence-corrected chi connectivity index (χ4v) is 1.77. The molecule has 16 heavy (non-hydrogen) atoms. The maximum absolute atomic E-state index is 13.1. The molecule has 0 aliphatic rings. The second-order valence-electron chi connectivity index (χ2n) is 3.30.